The highest BCUT2D eigenvalue weighted by atomic mass is 35.5. The second kappa shape index (κ2) is 4.52. The largest absolute Gasteiger partial charge is 0.507 e. The fourth-order valence-electron chi connectivity index (χ4n) is 1.76. The minimum atomic E-state index is -0.197. The van der Waals surface area contributed by atoms with Gasteiger partial charge in [0.15, 0.2) is 0 Å². The molecule has 1 N–H and O–H groups in total. The van der Waals surface area contributed by atoms with Crippen LogP contribution in [-0.4, -0.2) is 34.4 Å². The summed E-state index contributed by atoms with van der Waals surface area (Å²) in [5, 5.41) is 10.0. The fraction of sp³-hybridized carbons (Fsp3) is 0.364. The molecule has 86 valence electrons. The molecule has 1 atom stereocenters. The first-order chi connectivity index (χ1) is 7.58. The molecule has 0 saturated carbocycles. The number of nitrogens with zero attached hydrogens (tertiary/aromatic N) is 1. The molecule has 0 aliphatic carbocycles. The van der Waals surface area contributed by atoms with Crippen molar-refractivity contribution in [3.8, 4) is 5.75 Å². The molecule has 1 aromatic carbocycles. The monoisotopic (exact) mass is 259 g/mol. The normalized spacial score (nSPS) is 20.1. The van der Waals surface area contributed by atoms with Crippen LogP contribution in [0.15, 0.2) is 18.2 Å². The smallest absolute Gasteiger partial charge is 0.257 e. The molecular formula is C11H11Cl2NO2. The van der Waals surface area contributed by atoms with E-state index in [-0.39, 0.29) is 22.6 Å². The zero-order chi connectivity index (χ0) is 11.7. The number of carbonyl (C=O) groups is 1. The lowest BCUT2D eigenvalue weighted by molar-refractivity contribution is 0.0790. The number of hydrogen-bond acceptors (Lipinski definition) is 2. The van der Waals surface area contributed by atoms with Gasteiger partial charge in [0.25, 0.3) is 5.91 Å². The molecule has 5 heteroatoms. The molecular weight excluding hydrogens is 249 g/mol. The summed E-state index contributed by atoms with van der Waals surface area (Å²) in [7, 11) is 0. The second-order valence-electron chi connectivity index (χ2n) is 3.80. The number of phenolic OH excluding ortho intramolecular Hbond substituents is 1. The van der Waals surface area contributed by atoms with Crippen molar-refractivity contribution >= 4 is 29.1 Å². The van der Waals surface area contributed by atoms with Gasteiger partial charge in [0, 0.05) is 18.1 Å². The van der Waals surface area contributed by atoms with Crippen molar-refractivity contribution in [1.29, 1.82) is 0 Å². The van der Waals surface area contributed by atoms with Gasteiger partial charge in [-0.3, -0.25) is 4.79 Å². The predicted octanol–water partition coefficient (Wildman–Crippen LogP) is 2.50. The Kier molecular flexibility index (Phi) is 3.26. The molecule has 0 bridgehead atoms. The highest BCUT2D eigenvalue weighted by Crippen LogP contribution is 2.25. The first kappa shape index (κ1) is 11.6. The Balaban J connectivity index is 2.21. The van der Waals surface area contributed by atoms with Crippen LogP contribution in [0.1, 0.15) is 16.8 Å². The molecule has 3 nitrogen and oxygen atoms in total. The maximum atomic E-state index is 12.0. The van der Waals surface area contributed by atoms with Gasteiger partial charge >= 0.3 is 0 Å². The molecule has 1 aliphatic rings. The zero-order valence-electron chi connectivity index (χ0n) is 8.49. The van der Waals surface area contributed by atoms with E-state index in [1.807, 2.05) is 0 Å². The van der Waals surface area contributed by atoms with Crippen molar-refractivity contribution in [1.82, 2.24) is 4.90 Å². The van der Waals surface area contributed by atoms with E-state index in [1.54, 1.807) is 11.0 Å². The highest BCUT2D eigenvalue weighted by Gasteiger charge is 2.26. The maximum Gasteiger partial charge on any atom is 0.257 e. The molecule has 0 aromatic heterocycles. The van der Waals surface area contributed by atoms with Gasteiger partial charge in [-0.15, -0.1) is 11.6 Å². The van der Waals surface area contributed by atoms with E-state index in [9.17, 15) is 9.90 Å². The first-order valence-electron chi connectivity index (χ1n) is 5.00. The molecule has 1 fully saturated rings. The van der Waals surface area contributed by atoms with Gasteiger partial charge in [0.1, 0.15) is 5.75 Å². The number of halogens is 2. The maximum absolute atomic E-state index is 12.0. The highest BCUT2D eigenvalue weighted by molar-refractivity contribution is 6.30. The fourth-order valence-corrected chi connectivity index (χ4v) is 2.19. The lowest BCUT2D eigenvalue weighted by atomic mass is 10.2. The SMILES string of the molecule is O=C(c1ccc(Cl)cc1O)N1CCC(Cl)C1. The molecule has 1 saturated heterocycles. The van der Waals surface area contributed by atoms with E-state index < -0.39 is 0 Å². The average Bonchev–Trinajstić information content (AvgIpc) is 2.64. The van der Waals surface area contributed by atoms with Crippen LogP contribution in [0, 0.1) is 0 Å². The van der Waals surface area contributed by atoms with Crippen LogP contribution >= 0.6 is 23.2 Å². The third-order valence-electron chi connectivity index (χ3n) is 2.61. The third kappa shape index (κ3) is 2.25. The summed E-state index contributed by atoms with van der Waals surface area (Å²) in [6.45, 7) is 1.16. The van der Waals surface area contributed by atoms with Gasteiger partial charge in [-0.05, 0) is 24.6 Å². The lowest BCUT2D eigenvalue weighted by Gasteiger charge is -2.16. The summed E-state index contributed by atoms with van der Waals surface area (Å²) in [5.41, 5.74) is 0.273. The number of rotatable bonds is 1. The summed E-state index contributed by atoms with van der Waals surface area (Å²) < 4.78 is 0. The molecule has 1 aliphatic heterocycles. The van der Waals surface area contributed by atoms with Crippen molar-refractivity contribution in [3.05, 3.63) is 28.8 Å². The molecule has 0 spiro atoms. The van der Waals surface area contributed by atoms with Gasteiger partial charge in [-0.2, -0.15) is 0 Å². The van der Waals surface area contributed by atoms with Crippen molar-refractivity contribution < 1.29 is 9.90 Å². The number of carbonyl (C=O) groups excluding carboxylic acids is 1. The number of alkyl halides is 1. The topological polar surface area (TPSA) is 40.5 Å². The van der Waals surface area contributed by atoms with Gasteiger partial charge < -0.3 is 10.0 Å². The number of amides is 1. The Bertz CT molecular complexity index is 422. The summed E-state index contributed by atoms with van der Waals surface area (Å²) in [4.78, 5) is 13.6. The minimum absolute atomic E-state index is 0.0124. The van der Waals surface area contributed by atoms with Gasteiger partial charge in [0.2, 0.25) is 0 Å². The Morgan fingerprint density at radius 2 is 2.25 bits per heavy atom. The average molecular weight is 260 g/mol. The predicted molar refractivity (Wildman–Crippen MR) is 63.3 cm³/mol. The molecule has 0 radical (unpaired) electrons. The van der Waals surface area contributed by atoms with Crippen LogP contribution < -0.4 is 0 Å². The number of benzene rings is 1. The van der Waals surface area contributed by atoms with E-state index in [1.165, 1.54) is 12.1 Å². The quantitative estimate of drug-likeness (QED) is 0.788. The summed E-state index contributed by atoms with van der Waals surface area (Å²) in [5.74, 6) is -0.284. The van der Waals surface area contributed by atoms with Crippen molar-refractivity contribution in [2.45, 2.75) is 11.8 Å². The van der Waals surface area contributed by atoms with E-state index in [0.29, 0.717) is 18.1 Å². The Morgan fingerprint density at radius 1 is 1.50 bits per heavy atom. The first-order valence-corrected chi connectivity index (χ1v) is 5.81. The van der Waals surface area contributed by atoms with Crippen LogP contribution in [0.25, 0.3) is 0 Å². The Morgan fingerprint density at radius 3 is 2.81 bits per heavy atom. The number of aromatic hydroxyl groups is 1. The summed E-state index contributed by atoms with van der Waals surface area (Å²) in [6.07, 6.45) is 0.793. The van der Waals surface area contributed by atoms with Crippen LogP contribution in [0.2, 0.25) is 5.02 Å². The van der Waals surface area contributed by atoms with Crippen molar-refractivity contribution in [3.63, 3.8) is 0 Å². The standard InChI is InChI=1S/C11H11Cl2NO2/c12-7-1-2-9(10(15)5-7)11(16)14-4-3-8(13)6-14/h1-2,5,8,15H,3-4,6H2. The number of phenols is 1. The summed E-state index contributed by atoms with van der Waals surface area (Å²) in [6, 6.07) is 4.48. The number of likely N-dealkylation sites (tertiary alicyclic amines) is 1. The van der Waals surface area contributed by atoms with E-state index in [4.69, 9.17) is 23.2 Å². The van der Waals surface area contributed by atoms with E-state index >= 15 is 0 Å². The van der Waals surface area contributed by atoms with Crippen LogP contribution in [0.5, 0.6) is 5.75 Å². The molecule has 1 amide bonds. The molecule has 16 heavy (non-hydrogen) atoms. The minimum Gasteiger partial charge on any atom is -0.507 e. The van der Waals surface area contributed by atoms with Gasteiger partial charge in [-0.1, -0.05) is 11.6 Å². The summed E-state index contributed by atoms with van der Waals surface area (Å²) >= 11 is 11.6. The van der Waals surface area contributed by atoms with Gasteiger partial charge in [-0.25, -0.2) is 0 Å². The van der Waals surface area contributed by atoms with E-state index in [2.05, 4.69) is 0 Å². The molecule has 1 aromatic rings. The zero-order valence-corrected chi connectivity index (χ0v) is 10.0. The Hall–Kier alpha value is -0.930. The van der Waals surface area contributed by atoms with Crippen molar-refractivity contribution in [2.75, 3.05) is 13.1 Å². The molecule has 2 rings (SSSR count). The van der Waals surface area contributed by atoms with E-state index in [0.717, 1.165) is 6.42 Å². The number of hydrogen-bond donors (Lipinski definition) is 1. The van der Waals surface area contributed by atoms with Crippen LogP contribution in [0.3, 0.4) is 0 Å². The third-order valence-corrected chi connectivity index (χ3v) is 3.20. The Labute approximate surface area is 104 Å². The van der Waals surface area contributed by atoms with Crippen LogP contribution in [-0.2, 0) is 0 Å². The lowest BCUT2D eigenvalue weighted by Crippen LogP contribution is -2.28. The molecule has 1 unspecified atom stereocenters. The molecule has 1 heterocycles. The van der Waals surface area contributed by atoms with Crippen LogP contribution in [0.4, 0.5) is 0 Å². The second-order valence-corrected chi connectivity index (χ2v) is 4.85. The van der Waals surface area contributed by atoms with Gasteiger partial charge in [0.05, 0.1) is 10.9 Å². The van der Waals surface area contributed by atoms with Crippen molar-refractivity contribution in [2.24, 2.45) is 0 Å².